The van der Waals surface area contributed by atoms with E-state index in [1.54, 1.807) is 62.6 Å². The first-order valence-corrected chi connectivity index (χ1v) is 8.39. The average Bonchev–Trinajstić information content (AvgIpc) is 2.67. The van der Waals surface area contributed by atoms with Crippen molar-refractivity contribution in [2.75, 3.05) is 10.6 Å². The molecule has 0 saturated heterocycles. The second kappa shape index (κ2) is 8.27. The minimum absolute atomic E-state index is 0.266. The third-order valence-electron chi connectivity index (χ3n) is 3.83. The van der Waals surface area contributed by atoms with Gasteiger partial charge in [0.1, 0.15) is 17.6 Å². The van der Waals surface area contributed by atoms with Gasteiger partial charge in [-0.2, -0.15) is 0 Å². The molecule has 0 aliphatic heterocycles. The molecule has 0 aliphatic rings. The summed E-state index contributed by atoms with van der Waals surface area (Å²) in [5, 5.41) is 5.78. The average molecular weight is 366 g/mol. The largest absolute Gasteiger partial charge is 0.438 e. The first-order valence-electron chi connectivity index (χ1n) is 8.39. The monoisotopic (exact) mass is 366 g/mol. The molecule has 1 amide bonds. The molecule has 1 atom stereocenters. The third kappa shape index (κ3) is 5.01. The van der Waals surface area contributed by atoms with E-state index in [0.717, 1.165) is 5.69 Å². The highest BCUT2D eigenvalue weighted by Crippen LogP contribution is 2.21. The van der Waals surface area contributed by atoms with E-state index in [0.29, 0.717) is 22.9 Å². The van der Waals surface area contributed by atoms with Crippen molar-refractivity contribution in [1.29, 1.82) is 0 Å². The van der Waals surface area contributed by atoms with Crippen LogP contribution in [0.5, 0.6) is 11.6 Å². The van der Waals surface area contributed by atoms with Crippen LogP contribution in [0, 0.1) is 12.7 Å². The smallest absolute Gasteiger partial charge is 0.246 e. The Hall–Kier alpha value is -3.48. The second-order valence-corrected chi connectivity index (χ2v) is 5.99. The van der Waals surface area contributed by atoms with Gasteiger partial charge in [-0.1, -0.05) is 6.07 Å². The van der Waals surface area contributed by atoms with Crippen LogP contribution >= 0.6 is 0 Å². The van der Waals surface area contributed by atoms with Crippen LogP contribution in [0.1, 0.15) is 12.5 Å². The summed E-state index contributed by atoms with van der Waals surface area (Å²) in [7, 11) is 0. The number of aromatic nitrogens is 2. The number of nitrogens with zero attached hydrogens (tertiary/aromatic N) is 2. The van der Waals surface area contributed by atoms with Crippen molar-refractivity contribution >= 4 is 17.3 Å². The van der Waals surface area contributed by atoms with Gasteiger partial charge in [0.25, 0.3) is 0 Å². The molecule has 0 spiro atoms. The number of hydrogen-bond donors (Lipinski definition) is 2. The first-order chi connectivity index (χ1) is 13.0. The number of nitrogens with one attached hydrogen (secondary N) is 2. The molecule has 2 N–H and O–H groups in total. The number of halogens is 1. The number of anilines is 2. The Morgan fingerprint density at radius 3 is 2.52 bits per heavy atom. The number of hydrogen-bond acceptors (Lipinski definition) is 5. The summed E-state index contributed by atoms with van der Waals surface area (Å²) >= 11 is 0. The van der Waals surface area contributed by atoms with Gasteiger partial charge < -0.3 is 15.4 Å². The Kier molecular flexibility index (Phi) is 5.61. The van der Waals surface area contributed by atoms with E-state index in [2.05, 4.69) is 20.6 Å². The van der Waals surface area contributed by atoms with E-state index in [1.165, 1.54) is 12.3 Å². The summed E-state index contributed by atoms with van der Waals surface area (Å²) < 4.78 is 19.2. The summed E-state index contributed by atoms with van der Waals surface area (Å²) in [5.41, 5.74) is 1.70. The van der Waals surface area contributed by atoms with Crippen molar-refractivity contribution in [3.8, 4) is 11.6 Å². The Bertz CT molecular complexity index is 917. The number of rotatable bonds is 6. The minimum atomic E-state index is -0.513. The molecule has 0 fully saturated rings. The molecule has 0 saturated carbocycles. The van der Waals surface area contributed by atoms with Gasteiger partial charge in [0, 0.05) is 23.8 Å². The molecular formula is C20H19FN4O2. The van der Waals surface area contributed by atoms with Crippen LogP contribution in [-0.4, -0.2) is 21.9 Å². The fourth-order valence-electron chi connectivity index (χ4n) is 2.31. The van der Waals surface area contributed by atoms with Crippen molar-refractivity contribution in [2.24, 2.45) is 0 Å². The molecule has 1 unspecified atom stereocenters. The van der Waals surface area contributed by atoms with Gasteiger partial charge in [0.05, 0.1) is 6.20 Å². The van der Waals surface area contributed by atoms with Crippen molar-refractivity contribution in [2.45, 2.75) is 19.9 Å². The number of ether oxygens (including phenoxy) is 1. The van der Waals surface area contributed by atoms with E-state index in [-0.39, 0.29) is 11.7 Å². The molecular weight excluding hydrogens is 347 g/mol. The SMILES string of the molecule is Cc1ccc(NC(=O)C(C)Nc2ccc(Oc3cnccn3)cc2)cc1F. The van der Waals surface area contributed by atoms with E-state index < -0.39 is 6.04 Å². The molecule has 138 valence electrons. The fourth-order valence-corrected chi connectivity index (χ4v) is 2.31. The molecule has 27 heavy (non-hydrogen) atoms. The molecule has 0 bridgehead atoms. The van der Waals surface area contributed by atoms with Gasteiger partial charge in [-0.15, -0.1) is 0 Å². The van der Waals surface area contributed by atoms with Crippen LogP contribution < -0.4 is 15.4 Å². The summed E-state index contributed by atoms with van der Waals surface area (Å²) in [5.74, 6) is 0.384. The molecule has 0 aliphatic carbocycles. The number of carbonyl (C=O) groups is 1. The van der Waals surface area contributed by atoms with Crippen molar-refractivity contribution in [3.05, 3.63) is 72.4 Å². The lowest BCUT2D eigenvalue weighted by atomic mass is 10.2. The molecule has 7 heteroatoms. The van der Waals surface area contributed by atoms with Crippen LogP contribution in [0.4, 0.5) is 15.8 Å². The van der Waals surface area contributed by atoms with E-state index in [9.17, 15) is 9.18 Å². The predicted molar refractivity (Wildman–Crippen MR) is 101 cm³/mol. The van der Waals surface area contributed by atoms with Gasteiger partial charge in [-0.05, 0) is 55.8 Å². The lowest BCUT2D eigenvalue weighted by Gasteiger charge is -2.16. The predicted octanol–water partition coefficient (Wildman–Crippen LogP) is 4.16. The highest BCUT2D eigenvalue weighted by atomic mass is 19.1. The first kappa shape index (κ1) is 18.3. The summed E-state index contributed by atoms with van der Waals surface area (Å²) in [6, 6.07) is 11.2. The molecule has 0 radical (unpaired) electrons. The number of aryl methyl sites for hydroxylation is 1. The van der Waals surface area contributed by atoms with Gasteiger partial charge in [0.15, 0.2) is 0 Å². The zero-order valence-corrected chi connectivity index (χ0v) is 14.9. The Morgan fingerprint density at radius 2 is 1.85 bits per heavy atom. The Balaban J connectivity index is 1.57. The topological polar surface area (TPSA) is 76.1 Å². The highest BCUT2D eigenvalue weighted by molar-refractivity contribution is 5.96. The van der Waals surface area contributed by atoms with Crippen molar-refractivity contribution < 1.29 is 13.9 Å². The maximum atomic E-state index is 13.6. The zero-order valence-electron chi connectivity index (χ0n) is 14.9. The quantitative estimate of drug-likeness (QED) is 0.685. The standard InChI is InChI=1S/C20H19FN4O2/c1-13-3-4-16(11-18(13)21)25-20(26)14(2)24-15-5-7-17(8-6-15)27-19-12-22-9-10-23-19/h3-12,14,24H,1-2H3,(H,25,26). The highest BCUT2D eigenvalue weighted by Gasteiger charge is 2.13. The van der Waals surface area contributed by atoms with Crippen LogP contribution in [-0.2, 0) is 4.79 Å². The number of amides is 1. The van der Waals surface area contributed by atoms with Crippen LogP contribution in [0.25, 0.3) is 0 Å². The minimum Gasteiger partial charge on any atom is -0.438 e. The fraction of sp³-hybridized carbons (Fsp3) is 0.150. The van der Waals surface area contributed by atoms with Crippen molar-refractivity contribution in [1.82, 2.24) is 9.97 Å². The summed E-state index contributed by atoms with van der Waals surface area (Å²) in [4.78, 5) is 20.3. The third-order valence-corrected chi connectivity index (χ3v) is 3.83. The summed E-state index contributed by atoms with van der Waals surface area (Å²) in [6.45, 7) is 3.40. The lowest BCUT2D eigenvalue weighted by Crippen LogP contribution is -2.31. The number of carbonyl (C=O) groups excluding carboxylic acids is 1. The molecule has 6 nitrogen and oxygen atoms in total. The van der Waals surface area contributed by atoms with Crippen LogP contribution in [0.3, 0.4) is 0 Å². The molecule has 3 rings (SSSR count). The molecule has 1 heterocycles. The van der Waals surface area contributed by atoms with E-state index in [1.807, 2.05) is 0 Å². The van der Waals surface area contributed by atoms with Gasteiger partial charge in [-0.3, -0.25) is 9.78 Å². The maximum Gasteiger partial charge on any atom is 0.246 e. The normalized spacial score (nSPS) is 11.5. The lowest BCUT2D eigenvalue weighted by molar-refractivity contribution is -0.116. The van der Waals surface area contributed by atoms with Gasteiger partial charge >= 0.3 is 0 Å². The van der Waals surface area contributed by atoms with Gasteiger partial charge in [0.2, 0.25) is 11.8 Å². The number of benzene rings is 2. The maximum absolute atomic E-state index is 13.6. The Labute approximate surface area is 156 Å². The zero-order chi connectivity index (χ0) is 19.2. The van der Waals surface area contributed by atoms with Crippen molar-refractivity contribution in [3.63, 3.8) is 0 Å². The van der Waals surface area contributed by atoms with E-state index >= 15 is 0 Å². The Morgan fingerprint density at radius 1 is 1.11 bits per heavy atom. The van der Waals surface area contributed by atoms with Crippen LogP contribution in [0.2, 0.25) is 0 Å². The van der Waals surface area contributed by atoms with E-state index in [4.69, 9.17) is 4.74 Å². The second-order valence-electron chi connectivity index (χ2n) is 5.99. The van der Waals surface area contributed by atoms with Gasteiger partial charge in [-0.25, -0.2) is 9.37 Å². The molecule has 3 aromatic rings. The summed E-state index contributed by atoms with van der Waals surface area (Å²) in [6.07, 6.45) is 4.63. The molecule has 2 aromatic carbocycles. The van der Waals surface area contributed by atoms with Crippen LogP contribution in [0.15, 0.2) is 61.1 Å². The molecule has 1 aromatic heterocycles.